The first-order valence-electron chi connectivity index (χ1n) is 10.6. The molecule has 0 saturated heterocycles. The van der Waals surface area contributed by atoms with Crippen molar-refractivity contribution in [1.29, 1.82) is 0 Å². The van der Waals surface area contributed by atoms with Gasteiger partial charge in [0.2, 0.25) is 0 Å². The molecule has 2 unspecified atom stereocenters. The number of hydrogen-bond acceptors (Lipinski definition) is 2. The van der Waals surface area contributed by atoms with Crippen LogP contribution in [0.4, 0.5) is 0 Å². The Morgan fingerprint density at radius 3 is 2.08 bits per heavy atom. The van der Waals surface area contributed by atoms with Crippen LogP contribution < -0.4 is 0 Å². The van der Waals surface area contributed by atoms with E-state index in [0.29, 0.717) is 18.8 Å². The molecule has 144 valence electrons. The third kappa shape index (κ3) is 18.0. The molecule has 0 spiro atoms. The molecule has 0 amide bonds. The van der Waals surface area contributed by atoms with Gasteiger partial charge in [-0.25, -0.2) is 0 Å². The Morgan fingerprint density at radius 1 is 0.750 bits per heavy atom. The number of hydrogen-bond donors (Lipinski definition) is 1. The minimum absolute atomic E-state index is 0.334. The maximum atomic E-state index is 8.72. The average Bonchev–Trinajstić information content (AvgIpc) is 2.56. The van der Waals surface area contributed by atoms with E-state index in [1.54, 1.807) is 0 Å². The minimum atomic E-state index is 0.334. The van der Waals surface area contributed by atoms with E-state index in [-0.39, 0.29) is 0 Å². The van der Waals surface area contributed by atoms with E-state index < -0.39 is 0 Å². The fraction of sp³-hybridized carbons (Fsp3) is 0.909. The summed E-state index contributed by atoms with van der Waals surface area (Å²) in [6.07, 6.45) is 22.8. The lowest BCUT2D eigenvalue weighted by Crippen LogP contribution is -2.16. The van der Waals surface area contributed by atoms with E-state index in [1.165, 1.54) is 77.0 Å². The molecule has 0 aliphatic carbocycles. The molecule has 0 radical (unpaired) electrons. The van der Waals surface area contributed by atoms with E-state index in [1.807, 2.05) is 0 Å². The predicted molar refractivity (Wildman–Crippen MR) is 107 cm³/mol. The standard InChI is InChI=1S/C22H44O2/c1-4-5-6-7-12-15-18-21(2)24-22(3)19-16-13-10-8-9-11-14-17-20-23/h13,16,21-23H,4-12,14-15,17-20H2,1-3H3/b16-13-. The summed E-state index contributed by atoms with van der Waals surface area (Å²) in [6.45, 7) is 7.02. The fourth-order valence-corrected chi connectivity index (χ4v) is 3.04. The monoisotopic (exact) mass is 340 g/mol. The van der Waals surface area contributed by atoms with Crippen LogP contribution in [0.1, 0.15) is 111 Å². The lowest BCUT2D eigenvalue weighted by Gasteiger charge is -2.18. The maximum Gasteiger partial charge on any atom is 0.0585 e. The quantitative estimate of drug-likeness (QED) is 0.219. The molecule has 0 bridgehead atoms. The Balaban J connectivity index is 3.43. The molecule has 0 aromatic rings. The summed E-state index contributed by atoms with van der Waals surface area (Å²) in [5, 5.41) is 8.72. The van der Waals surface area contributed by atoms with Gasteiger partial charge in [0, 0.05) is 6.61 Å². The van der Waals surface area contributed by atoms with Crippen LogP contribution in [0.3, 0.4) is 0 Å². The fourth-order valence-electron chi connectivity index (χ4n) is 3.04. The number of unbranched alkanes of at least 4 members (excludes halogenated alkanes) is 10. The van der Waals surface area contributed by atoms with Crippen molar-refractivity contribution in [2.45, 2.75) is 123 Å². The van der Waals surface area contributed by atoms with Crippen molar-refractivity contribution in [1.82, 2.24) is 0 Å². The average molecular weight is 341 g/mol. The second-order valence-electron chi connectivity index (χ2n) is 7.30. The molecule has 0 aromatic heterocycles. The molecule has 0 aliphatic heterocycles. The molecule has 2 nitrogen and oxygen atoms in total. The first-order chi connectivity index (χ1) is 11.7. The molecule has 24 heavy (non-hydrogen) atoms. The van der Waals surface area contributed by atoms with Crippen molar-refractivity contribution in [3.05, 3.63) is 12.2 Å². The molecule has 0 saturated carbocycles. The normalized spacial score (nSPS) is 14.3. The Labute approximate surface area is 152 Å². The Morgan fingerprint density at radius 2 is 1.38 bits per heavy atom. The van der Waals surface area contributed by atoms with Gasteiger partial charge in [-0.3, -0.25) is 0 Å². The van der Waals surface area contributed by atoms with Crippen LogP contribution in [0.5, 0.6) is 0 Å². The molecule has 0 fully saturated rings. The van der Waals surface area contributed by atoms with E-state index in [2.05, 4.69) is 32.9 Å². The SMILES string of the molecule is CCCCCCCCC(C)OC(C)C/C=C\CCCCCCCO. The van der Waals surface area contributed by atoms with Crippen molar-refractivity contribution >= 4 is 0 Å². The molecular formula is C22H44O2. The lowest BCUT2D eigenvalue weighted by molar-refractivity contribution is 0.00475. The molecule has 2 heteroatoms. The molecule has 0 rings (SSSR count). The number of allylic oxidation sites excluding steroid dienone is 1. The predicted octanol–water partition coefficient (Wildman–Crippen LogP) is 6.81. The van der Waals surface area contributed by atoms with Gasteiger partial charge in [-0.05, 0) is 46.0 Å². The Bertz CT molecular complexity index is 263. The Hall–Kier alpha value is -0.340. The summed E-state index contributed by atoms with van der Waals surface area (Å²) in [6, 6.07) is 0. The summed E-state index contributed by atoms with van der Waals surface area (Å²) in [4.78, 5) is 0. The summed E-state index contributed by atoms with van der Waals surface area (Å²) in [7, 11) is 0. The van der Waals surface area contributed by atoms with E-state index >= 15 is 0 Å². The van der Waals surface area contributed by atoms with Gasteiger partial charge in [-0.15, -0.1) is 0 Å². The van der Waals surface area contributed by atoms with Gasteiger partial charge < -0.3 is 9.84 Å². The van der Waals surface area contributed by atoms with Crippen LogP contribution in [0.15, 0.2) is 12.2 Å². The maximum absolute atomic E-state index is 8.72. The van der Waals surface area contributed by atoms with Crippen molar-refractivity contribution in [2.24, 2.45) is 0 Å². The minimum Gasteiger partial charge on any atom is -0.396 e. The van der Waals surface area contributed by atoms with Gasteiger partial charge in [0.25, 0.3) is 0 Å². The van der Waals surface area contributed by atoms with Crippen LogP contribution in [0, 0.1) is 0 Å². The Kier molecular flexibility index (Phi) is 18.7. The highest BCUT2D eigenvalue weighted by Gasteiger charge is 2.07. The van der Waals surface area contributed by atoms with Gasteiger partial charge >= 0.3 is 0 Å². The van der Waals surface area contributed by atoms with Crippen LogP contribution in [0.25, 0.3) is 0 Å². The lowest BCUT2D eigenvalue weighted by atomic mass is 10.1. The largest absolute Gasteiger partial charge is 0.396 e. The number of rotatable bonds is 18. The van der Waals surface area contributed by atoms with Crippen molar-refractivity contribution in [3.8, 4) is 0 Å². The number of ether oxygens (including phenoxy) is 1. The number of aliphatic hydroxyl groups excluding tert-OH is 1. The third-order valence-electron chi connectivity index (χ3n) is 4.59. The summed E-state index contributed by atoms with van der Waals surface area (Å²) < 4.78 is 6.08. The first-order valence-corrected chi connectivity index (χ1v) is 10.6. The highest BCUT2D eigenvalue weighted by Crippen LogP contribution is 2.13. The smallest absolute Gasteiger partial charge is 0.0585 e. The molecule has 0 aromatic carbocycles. The van der Waals surface area contributed by atoms with Gasteiger partial charge in [0.05, 0.1) is 12.2 Å². The van der Waals surface area contributed by atoms with Gasteiger partial charge in [-0.1, -0.05) is 76.9 Å². The second-order valence-corrected chi connectivity index (χ2v) is 7.30. The molecule has 0 aliphatic rings. The van der Waals surface area contributed by atoms with Gasteiger partial charge in [0.15, 0.2) is 0 Å². The van der Waals surface area contributed by atoms with Gasteiger partial charge in [0.1, 0.15) is 0 Å². The van der Waals surface area contributed by atoms with E-state index in [0.717, 1.165) is 12.8 Å². The van der Waals surface area contributed by atoms with Crippen LogP contribution in [0.2, 0.25) is 0 Å². The van der Waals surface area contributed by atoms with Crippen molar-refractivity contribution in [3.63, 3.8) is 0 Å². The molecule has 1 N–H and O–H groups in total. The zero-order valence-electron chi connectivity index (χ0n) is 16.8. The van der Waals surface area contributed by atoms with Crippen LogP contribution in [-0.4, -0.2) is 23.9 Å². The second kappa shape index (κ2) is 19.0. The van der Waals surface area contributed by atoms with E-state index in [9.17, 15) is 0 Å². The molecule has 2 atom stereocenters. The highest BCUT2D eigenvalue weighted by atomic mass is 16.5. The highest BCUT2D eigenvalue weighted by molar-refractivity contribution is 4.83. The summed E-state index contributed by atoms with van der Waals surface area (Å²) in [5.41, 5.74) is 0. The van der Waals surface area contributed by atoms with Crippen LogP contribution in [-0.2, 0) is 4.74 Å². The van der Waals surface area contributed by atoms with Crippen molar-refractivity contribution in [2.75, 3.05) is 6.61 Å². The summed E-state index contributed by atoms with van der Waals surface area (Å²) >= 11 is 0. The zero-order chi connectivity index (χ0) is 17.9. The first kappa shape index (κ1) is 23.7. The van der Waals surface area contributed by atoms with Crippen molar-refractivity contribution < 1.29 is 9.84 Å². The van der Waals surface area contributed by atoms with Crippen LogP contribution >= 0.6 is 0 Å². The summed E-state index contributed by atoms with van der Waals surface area (Å²) in [5.74, 6) is 0. The number of aliphatic hydroxyl groups is 1. The van der Waals surface area contributed by atoms with Gasteiger partial charge in [-0.2, -0.15) is 0 Å². The zero-order valence-corrected chi connectivity index (χ0v) is 16.8. The molecular weight excluding hydrogens is 296 g/mol. The third-order valence-corrected chi connectivity index (χ3v) is 4.59. The molecule has 0 heterocycles. The van der Waals surface area contributed by atoms with E-state index in [4.69, 9.17) is 9.84 Å². The topological polar surface area (TPSA) is 29.5 Å².